The van der Waals surface area contributed by atoms with Crippen LogP contribution in [0.15, 0.2) is 15.8 Å². The molecule has 0 aliphatic carbocycles. The van der Waals surface area contributed by atoms with Gasteiger partial charge in [-0.2, -0.15) is 0 Å². The molecule has 8 nitrogen and oxygen atoms in total. The average molecular weight is 374 g/mol. The lowest BCUT2D eigenvalue weighted by Gasteiger charge is -2.33. The van der Waals surface area contributed by atoms with Crippen LogP contribution in [0.5, 0.6) is 0 Å². The molecule has 4 atom stereocenters. The van der Waals surface area contributed by atoms with Gasteiger partial charge in [0.15, 0.2) is 0 Å². The molecule has 1 aliphatic rings. The molecule has 0 radical (unpaired) electrons. The first kappa shape index (κ1) is 20.1. The molecule has 25 heavy (non-hydrogen) atoms. The Kier molecular flexibility index (Phi) is 5.50. The lowest BCUT2D eigenvalue weighted by molar-refractivity contribution is -0.0391. The second kappa shape index (κ2) is 6.83. The van der Waals surface area contributed by atoms with Crippen molar-refractivity contribution in [1.82, 2.24) is 9.55 Å². The number of ether oxygens (including phenoxy) is 1. The van der Waals surface area contributed by atoms with Crippen LogP contribution in [0, 0.1) is 24.2 Å². The first-order valence-corrected chi connectivity index (χ1v) is 10.1. The zero-order valence-electron chi connectivity index (χ0n) is 15.2. The summed E-state index contributed by atoms with van der Waals surface area (Å²) in [5.41, 5.74) is -0.736. The van der Waals surface area contributed by atoms with Crippen molar-refractivity contribution in [3.8, 4) is 0 Å². The molecule has 1 aromatic heterocycles. The van der Waals surface area contributed by atoms with E-state index in [4.69, 9.17) is 4.74 Å². The highest BCUT2D eigenvalue weighted by molar-refractivity contribution is 7.51. The van der Waals surface area contributed by atoms with Crippen molar-refractivity contribution in [3.63, 3.8) is 0 Å². The first-order valence-electron chi connectivity index (χ1n) is 8.31. The summed E-state index contributed by atoms with van der Waals surface area (Å²) in [5, 5.41) is 0. The molecular weight excluding hydrogens is 347 g/mol. The van der Waals surface area contributed by atoms with E-state index >= 15 is 0 Å². The minimum absolute atomic E-state index is 0.0122. The van der Waals surface area contributed by atoms with Gasteiger partial charge in [-0.15, -0.1) is 0 Å². The second-order valence-electron chi connectivity index (χ2n) is 8.07. The third-order valence-corrected chi connectivity index (χ3v) is 5.87. The van der Waals surface area contributed by atoms with Gasteiger partial charge in [0.25, 0.3) is 5.56 Å². The van der Waals surface area contributed by atoms with Crippen molar-refractivity contribution in [1.29, 1.82) is 0 Å². The Hall–Kier alpha value is -1.21. The fourth-order valence-electron chi connectivity index (χ4n) is 3.52. The summed E-state index contributed by atoms with van der Waals surface area (Å²) in [5.74, 6) is -0.354. The molecule has 9 heteroatoms. The summed E-state index contributed by atoms with van der Waals surface area (Å²) in [6.07, 6.45) is 0.775. The Balaban J connectivity index is 2.36. The van der Waals surface area contributed by atoms with E-state index in [1.165, 1.54) is 10.8 Å². The third-order valence-electron chi connectivity index (χ3n) is 4.82. The Morgan fingerprint density at radius 3 is 2.52 bits per heavy atom. The lowest BCUT2D eigenvalue weighted by atomic mass is 9.74. The van der Waals surface area contributed by atoms with E-state index in [0.29, 0.717) is 12.0 Å². The monoisotopic (exact) mass is 374 g/mol. The SMILES string of the molecule is Cc1cn([C@H]2CC(C(C)(C)C)[C@@H](C(C)CP(=O)(O)O)O2)c(=O)[nH]c1=O. The van der Waals surface area contributed by atoms with Crippen molar-refractivity contribution in [2.45, 2.75) is 53.4 Å². The number of hydrogen-bond donors (Lipinski definition) is 3. The molecule has 1 aliphatic heterocycles. The van der Waals surface area contributed by atoms with Crippen molar-refractivity contribution in [2.75, 3.05) is 6.16 Å². The molecular formula is C16H27N2O6P. The Morgan fingerprint density at radius 1 is 1.40 bits per heavy atom. The van der Waals surface area contributed by atoms with Crippen molar-refractivity contribution in [2.24, 2.45) is 17.3 Å². The normalized spacial score (nSPS) is 26.0. The Morgan fingerprint density at radius 2 is 2.00 bits per heavy atom. The highest BCUT2D eigenvalue weighted by Gasteiger charge is 2.46. The number of aromatic nitrogens is 2. The molecule has 2 unspecified atom stereocenters. The van der Waals surface area contributed by atoms with E-state index in [2.05, 4.69) is 4.98 Å². The van der Waals surface area contributed by atoms with E-state index < -0.39 is 31.2 Å². The molecule has 0 bridgehead atoms. The van der Waals surface area contributed by atoms with Gasteiger partial charge in [-0.3, -0.25) is 18.9 Å². The Labute approximate surface area is 146 Å². The van der Waals surface area contributed by atoms with Crippen molar-refractivity contribution in [3.05, 3.63) is 32.6 Å². The van der Waals surface area contributed by atoms with Gasteiger partial charge in [-0.1, -0.05) is 27.7 Å². The van der Waals surface area contributed by atoms with Crippen LogP contribution in [-0.2, 0) is 9.30 Å². The van der Waals surface area contributed by atoms with Crippen LogP contribution in [0.4, 0.5) is 0 Å². The molecule has 0 aromatic carbocycles. The van der Waals surface area contributed by atoms with Gasteiger partial charge >= 0.3 is 13.3 Å². The first-order chi connectivity index (χ1) is 11.3. The second-order valence-corrected chi connectivity index (χ2v) is 9.76. The smallest absolute Gasteiger partial charge is 0.330 e. The molecule has 3 N–H and O–H groups in total. The van der Waals surface area contributed by atoms with E-state index in [9.17, 15) is 23.9 Å². The van der Waals surface area contributed by atoms with E-state index in [1.807, 2.05) is 20.8 Å². The van der Waals surface area contributed by atoms with Gasteiger partial charge in [0, 0.05) is 11.8 Å². The van der Waals surface area contributed by atoms with Gasteiger partial charge in [0.2, 0.25) is 0 Å². The minimum Gasteiger partial charge on any atom is -0.354 e. The molecule has 2 heterocycles. The zero-order valence-corrected chi connectivity index (χ0v) is 16.1. The Bertz CT molecular complexity index is 787. The zero-order chi connectivity index (χ0) is 19.2. The molecule has 0 spiro atoms. The van der Waals surface area contributed by atoms with Crippen LogP contribution >= 0.6 is 7.60 Å². The highest BCUT2D eigenvalue weighted by Crippen LogP contribution is 2.48. The molecule has 1 aromatic rings. The number of nitrogens with one attached hydrogen (secondary N) is 1. The highest BCUT2D eigenvalue weighted by atomic mass is 31.2. The topological polar surface area (TPSA) is 122 Å². The van der Waals surface area contributed by atoms with Crippen LogP contribution in [0.2, 0.25) is 0 Å². The van der Waals surface area contributed by atoms with Crippen molar-refractivity contribution >= 4 is 7.60 Å². The molecule has 1 fully saturated rings. The maximum atomic E-state index is 12.1. The van der Waals surface area contributed by atoms with E-state index in [-0.39, 0.29) is 23.4 Å². The molecule has 1 saturated heterocycles. The van der Waals surface area contributed by atoms with Gasteiger partial charge < -0.3 is 14.5 Å². The maximum Gasteiger partial charge on any atom is 0.330 e. The average Bonchev–Trinajstić information content (AvgIpc) is 2.86. The fraction of sp³-hybridized carbons (Fsp3) is 0.750. The van der Waals surface area contributed by atoms with Crippen molar-refractivity contribution < 1.29 is 19.1 Å². The summed E-state index contributed by atoms with van der Waals surface area (Å²) in [4.78, 5) is 44.6. The van der Waals surface area contributed by atoms with Crippen LogP contribution < -0.4 is 11.2 Å². The van der Waals surface area contributed by atoms with Crippen LogP contribution in [0.3, 0.4) is 0 Å². The number of hydrogen-bond acceptors (Lipinski definition) is 4. The summed E-state index contributed by atoms with van der Waals surface area (Å²) in [6, 6.07) is 0. The maximum absolute atomic E-state index is 12.1. The molecule has 0 saturated carbocycles. The van der Waals surface area contributed by atoms with Gasteiger partial charge in [0.1, 0.15) is 6.23 Å². The minimum atomic E-state index is -4.16. The predicted octanol–water partition coefficient (Wildman–Crippen LogP) is 1.61. The number of aryl methyl sites for hydroxylation is 1. The lowest BCUT2D eigenvalue weighted by Crippen LogP contribution is -2.35. The van der Waals surface area contributed by atoms with Crippen LogP contribution in [0.1, 0.15) is 45.9 Å². The fourth-order valence-corrected chi connectivity index (χ4v) is 4.48. The predicted molar refractivity (Wildman–Crippen MR) is 93.6 cm³/mol. The number of H-pyrrole nitrogens is 1. The largest absolute Gasteiger partial charge is 0.354 e. The standard InChI is InChI=1S/C16H27N2O6P/c1-9-7-18(15(20)17-14(9)19)12-6-11(16(3,4)5)13(24-12)10(2)8-25(21,22)23/h7,10-13H,6,8H2,1-5H3,(H,17,19,20)(H2,21,22,23)/t10?,11?,12-,13-/m1/s1. The van der Waals surface area contributed by atoms with Gasteiger partial charge in [0.05, 0.1) is 12.3 Å². The van der Waals surface area contributed by atoms with Crippen LogP contribution in [-0.4, -0.2) is 31.6 Å². The molecule has 2 rings (SSSR count). The van der Waals surface area contributed by atoms with E-state index in [0.717, 1.165) is 0 Å². The summed E-state index contributed by atoms with van der Waals surface area (Å²) >= 11 is 0. The summed E-state index contributed by atoms with van der Waals surface area (Å²) in [6.45, 7) is 9.50. The molecule has 142 valence electrons. The number of nitrogens with zero attached hydrogens (tertiary/aromatic N) is 1. The van der Waals surface area contributed by atoms with E-state index in [1.54, 1.807) is 13.8 Å². The van der Waals surface area contributed by atoms with Gasteiger partial charge in [-0.05, 0) is 30.6 Å². The third kappa shape index (κ3) is 4.70. The molecule has 0 amide bonds. The summed E-state index contributed by atoms with van der Waals surface area (Å²) < 4.78 is 18.8. The number of aromatic amines is 1. The summed E-state index contributed by atoms with van der Waals surface area (Å²) in [7, 11) is -4.16. The number of rotatable bonds is 4. The quantitative estimate of drug-likeness (QED) is 0.689. The van der Waals surface area contributed by atoms with Gasteiger partial charge in [-0.25, -0.2) is 4.79 Å². The van der Waals surface area contributed by atoms with Crippen LogP contribution in [0.25, 0.3) is 0 Å².